The van der Waals surface area contributed by atoms with Crippen LogP contribution in [0.2, 0.25) is 0 Å². The number of guanidine groups is 1. The summed E-state index contributed by atoms with van der Waals surface area (Å²) in [5, 5.41) is 3.08. The second-order valence-electron chi connectivity index (χ2n) is 5.45. The zero-order valence-electron chi connectivity index (χ0n) is 13.2. The first kappa shape index (κ1) is 16.3. The van der Waals surface area contributed by atoms with E-state index in [4.69, 9.17) is 10.5 Å². The van der Waals surface area contributed by atoms with Crippen molar-refractivity contribution in [3.8, 4) is 5.75 Å². The molecule has 4 nitrogen and oxygen atoms in total. The molecule has 0 radical (unpaired) electrons. The van der Waals surface area contributed by atoms with Crippen LogP contribution in [0, 0.1) is 6.92 Å². The largest absolute Gasteiger partial charge is 0.490 e. The van der Waals surface area contributed by atoms with E-state index in [0.717, 1.165) is 17.7 Å². The Hall–Kier alpha value is -1.71. The maximum Gasteiger partial charge on any atom is 0.189 e. The molecule has 20 heavy (non-hydrogen) atoms. The molecule has 3 N–H and O–H groups in total. The van der Waals surface area contributed by atoms with Gasteiger partial charge in [-0.1, -0.05) is 19.1 Å². The van der Waals surface area contributed by atoms with Gasteiger partial charge in [-0.2, -0.15) is 0 Å². The van der Waals surface area contributed by atoms with Gasteiger partial charge in [0.2, 0.25) is 0 Å². The Bertz CT molecular complexity index is 455. The smallest absolute Gasteiger partial charge is 0.189 e. The van der Waals surface area contributed by atoms with Crippen LogP contribution in [0.4, 0.5) is 0 Å². The van der Waals surface area contributed by atoms with Crippen LogP contribution >= 0.6 is 0 Å². The molecule has 1 unspecified atom stereocenters. The van der Waals surface area contributed by atoms with Crippen molar-refractivity contribution in [1.29, 1.82) is 0 Å². The maximum absolute atomic E-state index is 5.96. The fourth-order valence-electron chi connectivity index (χ4n) is 1.71. The highest BCUT2D eigenvalue weighted by Gasteiger charge is 2.07. The molecule has 4 heteroatoms. The van der Waals surface area contributed by atoms with Crippen molar-refractivity contribution in [3.05, 3.63) is 29.3 Å². The van der Waals surface area contributed by atoms with E-state index >= 15 is 0 Å². The first-order valence-electron chi connectivity index (χ1n) is 7.25. The molecular formula is C16H27N3O. The SMILES string of the molecule is CCC(C)Oc1cc(C)ccc1CN=C(N)NC(C)C. The zero-order chi connectivity index (χ0) is 15.1. The second-order valence-corrected chi connectivity index (χ2v) is 5.45. The van der Waals surface area contributed by atoms with E-state index in [-0.39, 0.29) is 12.1 Å². The van der Waals surface area contributed by atoms with E-state index in [9.17, 15) is 0 Å². The summed E-state index contributed by atoms with van der Waals surface area (Å²) >= 11 is 0. The van der Waals surface area contributed by atoms with Crippen LogP contribution in [-0.2, 0) is 6.54 Å². The Morgan fingerprint density at radius 2 is 2.05 bits per heavy atom. The van der Waals surface area contributed by atoms with Crippen molar-refractivity contribution in [2.45, 2.75) is 59.7 Å². The average Bonchev–Trinajstić information content (AvgIpc) is 2.36. The summed E-state index contributed by atoms with van der Waals surface area (Å²) in [5.74, 6) is 1.37. The number of hydrogen-bond acceptors (Lipinski definition) is 2. The normalized spacial score (nSPS) is 13.4. The van der Waals surface area contributed by atoms with Crippen molar-refractivity contribution in [2.24, 2.45) is 10.7 Å². The molecule has 0 aliphatic heterocycles. The first-order valence-corrected chi connectivity index (χ1v) is 7.25. The highest BCUT2D eigenvalue weighted by Crippen LogP contribution is 2.23. The molecular weight excluding hydrogens is 250 g/mol. The number of ether oxygens (including phenoxy) is 1. The van der Waals surface area contributed by atoms with Crippen molar-refractivity contribution in [2.75, 3.05) is 0 Å². The summed E-state index contributed by atoms with van der Waals surface area (Å²) in [6, 6.07) is 6.47. The molecule has 0 aromatic heterocycles. The van der Waals surface area contributed by atoms with Crippen molar-refractivity contribution < 1.29 is 4.74 Å². The molecule has 1 atom stereocenters. The topological polar surface area (TPSA) is 59.6 Å². The Morgan fingerprint density at radius 3 is 2.65 bits per heavy atom. The predicted molar refractivity (Wildman–Crippen MR) is 85.2 cm³/mol. The van der Waals surface area contributed by atoms with Crippen molar-refractivity contribution in [1.82, 2.24) is 5.32 Å². The standard InChI is InChI=1S/C16H27N3O/c1-6-13(5)20-15-9-12(4)7-8-14(15)10-18-16(17)19-11(2)3/h7-9,11,13H,6,10H2,1-5H3,(H3,17,18,19). The van der Waals surface area contributed by atoms with E-state index in [0.29, 0.717) is 12.5 Å². The molecule has 0 spiro atoms. The third-order valence-electron chi connectivity index (χ3n) is 2.98. The molecule has 1 aromatic carbocycles. The Kier molecular flexibility index (Phi) is 6.36. The lowest BCUT2D eigenvalue weighted by molar-refractivity contribution is 0.215. The van der Waals surface area contributed by atoms with E-state index in [1.54, 1.807) is 0 Å². The van der Waals surface area contributed by atoms with Crippen LogP contribution in [0.3, 0.4) is 0 Å². The first-order chi connectivity index (χ1) is 9.42. The monoisotopic (exact) mass is 277 g/mol. The summed E-state index contributed by atoms with van der Waals surface area (Å²) in [7, 11) is 0. The van der Waals surface area contributed by atoms with Gasteiger partial charge >= 0.3 is 0 Å². The number of benzene rings is 1. The van der Waals surface area contributed by atoms with Gasteiger partial charge in [-0.25, -0.2) is 4.99 Å². The number of rotatable bonds is 6. The van der Waals surface area contributed by atoms with Gasteiger partial charge in [-0.3, -0.25) is 0 Å². The van der Waals surface area contributed by atoms with Crippen LogP contribution in [0.5, 0.6) is 5.75 Å². The lowest BCUT2D eigenvalue weighted by Gasteiger charge is -2.16. The summed E-state index contributed by atoms with van der Waals surface area (Å²) in [6.07, 6.45) is 1.18. The van der Waals surface area contributed by atoms with E-state index in [2.05, 4.69) is 49.3 Å². The average molecular weight is 277 g/mol. The minimum Gasteiger partial charge on any atom is -0.490 e. The van der Waals surface area contributed by atoms with Gasteiger partial charge in [0.15, 0.2) is 5.96 Å². The molecule has 0 bridgehead atoms. The molecule has 0 saturated carbocycles. The Balaban J connectivity index is 2.83. The van der Waals surface area contributed by atoms with Crippen LogP contribution in [-0.4, -0.2) is 18.1 Å². The fraction of sp³-hybridized carbons (Fsp3) is 0.562. The molecule has 0 saturated heterocycles. The molecule has 0 aliphatic rings. The maximum atomic E-state index is 5.96. The fourth-order valence-corrected chi connectivity index (χ4v) is 1.71. The van der Waals surface area contributed by atoms with Gasteiger partial charge in [0.05, 0.1) is 12.6 Å². The van der Waals surface area contributed by atoms with Gasteiger partial charge in [-0.05, 0) is 45.7 Å². The number of nitrogens with zero attached hydrogens (tertiary/aromatic N) is 1. The highest BCUT2D eigenvalue weighted by atomic mass is 16.5. The lowest BCUT2D eigenvalue weighted by atomic mass is 10.1. The summed E-state index contributed by atoms with van der Waals surface area (Å²) < 4.78 is 5.96. The molecule has 0 fully saturated rings. The van der Waals surface area contributed by atoms with Gasteiger partial charge in [-0.15, -0.1) is 0 Å². The van der Waals surface area contributed by atoms with Crippen LogP contribution in [0.15, 0.2) is 23.2 Å². The number of aryl methyl sites for hydroxylation is 1. The highest BCUT2D eigenvalue weighted by molar-refractivity contribution is 5.78. The molecule has 1 rings (SSSR count). The van der Waals surface area contributed by atoms with Crippen molar-refractivity contribution in [3.63, 3.8) is 0 Å². The number of nitrogens with two attached hydrogens (primary N) is 1. The quantitative estimate of drug-likeness (QED) is 0.621. The zero-order valence-corrected chi connectivity index (χ0v) is 13.2. The molecule has 0 heterocycles. The Labute approximate surface area is 122 Å². The minimum absolute atomic E-state index is 0.200. The predicted octanol–water partition coefficient (Wildman–Crippen LogP) is 2.99. The number of aliphatic imine (C=N–C) groups is 1. The van der Waals surface area contributed by atoms with E-state index in [1.165, 1.54) is 5.56 Å². The second kappa shape index (κ2) is 7.78. The third-order valence-corrected chi connectivity index (χ3v) is 2.98. The minimum atomic E-state index is 0.200. The van der Waals surface area contributed by atoms with Crippen molar-refractivity contribution >= 4 is 5.96 Å². The summed E-state index contributed by atoms with van der Waals surface area (Å²) in [4.78, 5) is 4.36. The van der Waals surface area contributed by atoms with Crippen LogP contribution in [0.25, 0.3) is 0 Å². The third kappa shape index (κ3) is 5.51. The summed E-state index contributed by atoms with van der Waals surface area (Å²) in [6.45, 7) is 10.8. The Morgan fingerprint density at radius 1 is 1.35 bits per heavy atom. The number of hydrogen-bond donors (Lipinski definition) is 2. The lowest BCUT2D eigenvalue weighted by Crippen LogP contribution is -2.36. The summed E-state index contributed by atoms with van der Waals surface area (Å²) in [5.41, 5.74) is 8.07. The van der Waals surface area contributed by atoms with Gasteiger partial charge in [0.25, 0.3) is 0 Å². The van der Waals surface area contributed by atoms with Crippen LogP contribution in [0.1, 0.15) is 45.2 Å². The van der Waals surface area contributed by atoms with Gasteiger partial charge < -0.3 is 15.8 Å². The van der Waals surface area contributed by atoms with Crippen LogP contribution < -0.4 is 15.8 Å². The number of nitrogens with one attached hydrogen (secondary N) is 1. The molecule has 0 amide bonds. The molecule has 0 aliphatic carbocycles. The molecule has 112 valence electrons. The van der Waals surface area contributed by atoms with E-state index in [1.807, 2.05) is 13.8 Å². The van der Waals surface area contributed by atoms with Gasteiger partial charge in [0.1, 0.15) is 5.75 Å². The van der Waals surface area contributed by atoms with E-state index < -0.39 is 0 Å². The van der Waals surface area contributed by atoms with Gasteiger partial charge in [0, 0.05) is 11.6 Å². The molecule has 1 aromatic rings.